The molecule has 3 nitrogen and oxygen atoms in total. The van der Waals surface area contributed by atoms with Crippen molar-refractivity contribution >= 4 is 5.91 Å². The van der Waals surface area contributed by atoms with Crippen LogP contribution in [0, 0.1) is 11.3 Å². The molecule has 0 rings (SSSR count). The van der Waals surface area contributed by atoms with E-state index in [2.05, 4.69) is 39.9 Å². The molecule has 3 heteroatoms. The van der Waals surface area contributed by atoms with E-state index in [0.29, 0.717) is 12.5 Å². The van der Waals surface area contributed by atoms with Crippen molar-refractivity contribution < 1.29 is 4.79 Å². The number of nitrogens with two attached hydrogens (primary N) is 1. The Morgan fingerprint density at radius 1 is 1.17 bits per heavy atom. The van der Waals surface area contributed by atoms with Crippen LogP contribution in [0.4, 0.5) is 0 Å². The molecule has 108 valence electrons. The second-order valence-electron chi connectivity index (χ2n) is 5.72. The zero-order valence-electron chi connectivity index (χ0n) is 12.9. The number of rotatable bonds is 9. The Morgan fingerprint density at radius 2 is 1.67 bits per heavy atom. The Labute approximate surface area is 113 Å². The lowest BCUT2D eigenvalue weighted by Gasteiger charge is -2.33. The van der Waals surface area contributed by atoms with Crippen molar-refractivity contribution in [3.05, 3.63) is 0 Å². The van der Waals surface area contributed by atoms with Gasteiger partial charge in [-0.15, -0.1) is 0 Å². The van der Waals surface area contributed by atoms with Gasteiger partial charge in [0.2, 0.25) is 5.91 Å². The maximum absolute atomic E-state index is 12.6. The summed E-state index contributed by atoms with van der Waals surface area (Å²) < 4.78 is 0. The topological polar surface area (TPSA) is 55.1 Å². The summed E-state index contributed by atoms with van der Waals surface area (Å²) in [6.07, 6.45) is 4.75. The zero-order chi connectivity index (χ0) is 14.2. The van der Waals surface area contributed by atoms with Gasteiger partial charge in [0.15, 0.2) is 0 Å². The zero-order valence-corrected chi connectivity index (χ0v) is 12.9. The molecule has 0 aromatic rings. The third-order valence-electron chi connectivity index (χ3n) is 3.89. The van der Waals surface area contributed by atoms with Crippen molar-refractivity contribution in [1.29, 1.82) is 0 Å². The number of carbonyl (C=O) groups excluding carboxylic acids is 1. The molecule has 18 heavy (non-hydrogen) atoms. The predicted molar refractivity (Wildman–Crippen MR) is 78.4 cm³/mol. The van der Waals surface area contributed by atoms with Crippen molar-refractivity contribution in [3.8, 4) is 0 Å². The number of hydrogen-bond donors (Lipinski definition) is 2. The first-order chi connectivity index (χ1) is 8.47. The molecule has 0 aliphatic carbocycles. The number of nitrogens with one attached hydrogen (secondary N) is 1. The summed E-state index contributed by atoms with van der Waals surface area (Å²) in [5, 5.41) is 3.21. The Bertz CT molecular complexity index is 233. The molecular weight excluding hydrogens is 224 g/mol. The van der Waals surface area contributed by atoms with Crippen LogP contribution < -0.4 is 11.1 Å². The molecule has 0 spiro atoms. The van der Waals surface area contributed by atoms with Crippen LogP contribution in [0.1, 0.15) is 66.7 Å². The first-order valence-electron chi connectivity index (χ1n) is 7.48. The lowest BCUT2D eigenvalue weighted by molar-refractivity contribution is -0.132. The summed E-state index contributed by atoms with van der Waals surface area (Å²) in [5.74, 6) is 0.631. The SMILES string of the molecule is CCCC(CN)(CCC)C(=O)NC(CC)C(C)C. The van der Waals surface area contributed by atoms with Gasteiger partial charge in [0.1, 0.15) is 0 Å². The highest BCUT2D eigenvalue weighted by Crippen LogP contribution is 2.29. The highest BCUT2D eigenvalue weighted by Gasteiger charge is 2.36. The fraction of sp³-hybridized carbons (Fsp3) is 0.933. The van der Waals surface area contributed by atoms with Crippen molar-refractivity contribution in [2.75, 3.05) is 6.54 Å². The fourth-order valence-electron chi connectivity index (χ4n) is 2.67. The molecule has 1 atom stereocenters. The Morgan fingerprint density at radius 3 is 1.94 bits per heavy atom. The molecule has 3 N–H and O–H groups in total. The van der Waals surface area contributed by atoms with E-state index in [9.17, 15) is 4.79 Å². The van der Waals surface area contributed by atoms with E-state index in [1.54, 1.807) is 0 Å². The molecule has 0 aliphatic rings. The van der Waals surface area contributed by atoms with Gasteiger partial charge in [0, 0.05) is 12.6 Å². The van der Waals surface area contributed by atoms with E-state index >= 15 is 0 Å². The van der Waals surface area contributed by atoms with Crippen LogP contribution >= 0.6 is 0 Å². The average Bonchev–Trinajstić information content (AvgIpc) is 2.34. The molecule has 0 aromatic heterocycles. The standard InChI is InChI=1S/C15H32N2O/c1-6-9-15(11-16,10-7-2)14(18)17-13(8-3)12(4)5/h12-13H,6-11,16H2,1-5H3,(H,17,18). The van der Waals surface area contributed by atoms with E-state index in [0.717, 1.165) is 32.1 Å². The lowest BCUT2D eigenvalue weighted by Crippen LogP contribution is -2.50. The number of amides is 1. The number of hydrogen-bond acceptors (Lipinski definition) is 2. The molecular formula is C15H32N2O. The van der Waals surface area contributed by atoms with Crippen LogP contribution in [-0.2, 0) is 4.79 Å². The number of carbonyl (C=O) groups is 1. The molecule has 0 saturated heterocycles. The van der Waals surface area contributed by atoms with Gasteiger partial charge in [-0.3, -0.25) is 4.79 Å². The van der Waals surface area contributed by atoms with Crippen molar-refractivity contribution in [2.24, 2.45) is 17.1 Å². The van der Waals surface area contributed by atoms with E-state index < -0.39 is 0 Å². The summed E-state index contributed by atoms with van der Waals surface area (Å²) >= 11 is 0. The van der Waals surface area contributed by atoms with Gasteiger partial charge >= 0.3 is 0 Å². The second-order valence-corrected chi connectivity index (χ2v) is 5.72. The first-order valence-corrected chi connectivity index (χ1v) is 7.48. The fourth-order valence-corrected chi connectivity index (χ4v) is 2.67. The molecule has 0 aromatic carbocycles. The van der Waals surface area contributed by atoms with Gasteiger partial charge < -0.3 is 11.1 Å². The molecule has 0 bridgehead atoms. The molecule has 0 saturated carbocycles. The quantitative estimate of drug-likeness (QED) is 0.666. The predicted octanol–water partition coefficient (Wildman–Crippen LogP) is 3.08. The van der Waals surface area contributed by atoms with E-state index in [4.69, 9.17) is 5.73 Å². The Kier molecular flexibility index (Phi) is 8.25. The summed E-state index contributed by atoms with van der Waals surface area (Å²) in [6.45, 7) is 11.1. The maximum Gasteiger partial charge on any atom is 0.227 e. The third-order valence-corrected chi connectivity index (χ3v) is 3.89. The first kappa shape index (κ1) is 17.4. The van der Waals surface area contributed by atoms with E-state index in [1.807, 2.05) is 0 Å². The maximum atomic E-state index is 12.6. The monoisotopic (exact) mass is 256 g/mol. The van der Waals surface area contributed by atoms with Gasteiger partial charge in [0.05, 0.1) is 5.41 Å². The van der Waals surface area contributed by atoms with Crippen LogP contribution in [0.25, 0.3) is 0 Å². The van der Waals surface area contributed by atoms with Crippen LogP contribution in [0.2, 0.25) is 0 Å². The minimum atomic E-state index is -0.355. The van der Waals surface area contributed by atoms with Gasteiger partial charge in [-0.05, 0) is 25.2 Å². The summed E-state index contributed by atoms with van der Waals surface area (Å²) in [7, 11) is 0. The van der Waals surface area contributed by atoms with E-state index in [1.165, 1.54) is 0 Å². The Hall–Kier alpha value is -0.570. The molecule has 0 aliphatic heterocycles. The highest BCUT2D eigenvalue weighted by atomic mass is 16.2. The van der Waals surface area contributed by atoms with Crippen LogP contribution in [-0.4, -0.2) is 18.5 Å². The van der Waals surface area contributed by atoms with Crippen molar-refractivity contribution in [3.63, 3.8) is 0 Å². The average molecular weight is 256 g/mol. The second kappa shape index (κ2) is 8.52. The largest absolute Gasteiger partial charge is 0.353 e. The third kappa shape index (κ3) is 4.60. The molecule has 0 radical (unpaired) electrons. The molecule has 0 heterocycles. The van der Waals surface area contributed by atoms with Gasteiger partial charge in [-0.2, -0.15) is 0 Å². The molecule has 0 fully saturated rings. The lowest BCUT2D eigenvalue weighted by atomic mass is 9.78. The highest BCUT2D eigenvalue weighted by molar-refractivity contribution is 5.83. The van der Waals surface area contributed by atoms with Crippen LogP contribution in [0.15, 0.2) is 0 Å². The molecule has 1 unspecified atom stereocenters. The normalized spacial score (nSPS) is 13.7. The van der Waals surface area contributed by atoms with E-state index in [-0.39, 0.29) is 17.4 Å². The van der Waals surface area contributed by atoms with Gasteiger partial charge in [-0.25, -0.2) is 0 Å². The van der Waals surface area contributed by atoms with Gasteiger partial charge in [-0.1, -0.05) is 47.5 Å². The molecule has 1 amide bonds. The van der Waals surface area contributed by atoms with Crippen LogP contribution in [0.3, 0.4) is 0 Å². The minimum absolute atomic E-state index is 0.161. The summed E-state index contributed by atoms with van der Waals surface area (Å²) in [5.41, 5.74) is 5.56. The van der Waals surface area contributed by atoms with Gasteiger partial charge in [0.25, 0.3) is 0 Å². The van der Waals surface area contributed by atoms with Crippen molar-refractivity contribution in [2.45, 2.75) is 72.8 Å². The van der Waals surface area contributed by atoms with Crippen LogP contribution in [0.5, 0.6) is 0 Å². The van der Waals surface area contributed by atoms with Crippen molar-refractivity contribution in [1.82, 2.24) is 5.32 Å². The smallest absolute Gasteiger partial charge is 0.227 e. The summed E-state index contributed by atoms with van der Waals surface area (Å²) in [6, 6.07) is 0.261. The minimum Gasteiger partial charge on any atom is -0.353 e. The Balaban J connectivity index is 4.83. The summed E-state index contributed by atoms with van der Waals surface area (Å²) in [4.78, 5) is 12.6.